The van der Waals surface area contributed by atoms with Crippen LogP contribution in [0.2, 0.25) is 0 Å². The van der Waals surface area contributed by atoms with Crippen molar-refractivity contribution in [2.24, 2.45) is 0 Å². The Morgan fingerprint density at radius 3 is 1.98 bits per heavy atom. The van der Waals surface area contributed by atoms with E-state index in [1.54, 1.807) is 45.0 Å². The molecule has 0 aromatic heterocycles. The number of nitrogens with zero attached hydrogens (tertiary/aromatic N) is 2. The van der Waals surface area contributed by atoms with Crippen molar-refractivity contribution in [1.29, 1.82) is 0 Å². The van der Waals surface area contributed by atoms with E-state index in [4.69, 9.17) is 8.92 Å². The van der Waals surface area contributed by atoms with Gasteiger partial charge in [-0.3, -0.25) is 8.39 Å². The summed E-state index contributed by atoms with van der Waals surface area (Å²) in [6, 6.07) is 11.3. The molecule has 0 N–H and O–H groups in total. The van der Waals surface area contributed by atoms with Crippen LogP contribution in [0.3, 0.4) is 0 Å². The average Bonchev–Trinajstić information content (AvgIpc) is 3.23. The maximum atomic E-state index is 13.9. The molecule has 2 aromatic rings. The first kappa shape index (κ1) is 32.2. The van der Waals surface area contributed by atoms with Crippen LogP contribution in [-0.2, 0) is 39.9 Å². The molecule has 1 amide bonds. The van der Waals surface area contributed by atoms with Crippen LogP contribution < -0.4 is 0 Å². The van der Waals surface area contributed by atoms with Crippen molar-refractivity contribution in [2.75, 3.05) is 31.6 Å². The first-order valence-corrected chi connectivity index (χ1v) is 17.4. The maximum absolute atomic E-state index is 13.9. The molecule has 0 bridgehead atoms. The van der Waals surface area contributed by atoms with Crippen LogP contribution in [0.4, 0.5) is 4.79 Å². The van der Waals surface area contributed by atoms with Crippen molar-refractivity contribution in [2.45, 2.75) is 68.6 Å². The predicted molar refractivity (Wildman–Crippen MR) is 153 cm³/mol. The third-order valence-electron chi connectivity index (χ3n) is 6.26. The Hall–Kier alpha value is -2.32. The van der Waals surface area contributed by atoms with Crippen molar-refractivity contribution in [1.82, 2.24) is 9.21 Å². The standard InChI is InChI=1S/C27H38N2O8S3/c1-20-8-12-22(13-9-20)39(32,33)29(16-7-17-38(6)31)24-18-28(26(30)36-27(3,4)5)19-25(24)37-40(34,35)23-14-10-21(2)11-15-23/h8-15,24-25H,7,16-19H2,1-6H3/t24-,25-,38?/m0/s1. The number of amides is 1. The Morgan fingerprint density at radius 2 is 1.48 bits per heavy atom. The molecule has 1 aliphatic rings. The van der Waals surface area contributed by atoms with E-state index < -0.39 is 54.8 Å². The van der Waals surface area contributed by atoms with Gasteiger partial charge in [0.25, 0.3) is 10.1 Å². The van der Waals surface area contributed by atoms with Crippen LogP contribution in [-0.4, -0.2) is 85.7 Å². The summed E-state index contributed by atoms with van der Waals surface area (Å²) in [6.45, 7) is 8.36. The first-order chi connectivity index (χ1) is 18.5. The topological polar surface area (TPSA) is 127 Å². The second kappa shape index (κ2) is 12.7. The third kappa shape index (κ3) is 8.35. The van der Waals surface area contributed by atoms with E-state index in [2.05, 4.69) is 0 Å². The summed E-state index contributed by atoms with van der Waals surface area (Å²) < 4.78 is 78.5. The molecular weight excluding hydrogens is 577 g/mol. The van der Waals surface area contributed by atoms with E-state index in [-0.39, 0.29) is 41.6 Å². The number of sulfonamides is 1. The normalized spacial score (nSPS) is 19.1. The quantitative estimate of drug-likeness (QED) is 0.373. The van der Waals surface area contributed by atoms with Crippen molar-refractivity contribution in [3.63, 3.8) is 0 Å². The molecular formula is C27H38N2O8S3. The zero-order chi connectivity index (χ0) is 29.9. The Bertz CT molecular complexity index is 1420. The summed E-state index contributed by atoms with van der Waals surface area (Å²) in [5.74, 6) is 0.246. The molecule has 1 saturated heterocycles. The number of aryl methyl sites for hydroxylation is 2. The van der Waals surface area contributed by atoms with Gasteiger partial charge in [0.2, 0.25) is 10.0 Å². The third-order valence-corrected chi connectivity index (χ3v) is 10.4. The van der Waals surface area contributed by atoms with Crippen molar-refractivity contribution in [3.05, 3.63) is 59.7 Å². The highest BCUT2D eigenvalue weighted by Crippen LogP contribution is 2.30. The van der Waals surface area contributed by atoms with Gasteiger partial charge < -0.3 is 9.64 Å². The number of benzene rings is 2. The van der Waals surface area contributed by atoms with Gasteiger partial charge in [-0.2, -0.15) is 12.7 Å². The van der Waals surface area contributed by atoms with E-state index in [9.17, 15) is 25.8 Å². The zero-order valence-corrected chi connectivity index (χ0v) is 26.1. The predicted octanol–water partition coefficient (Wildman–Crippen LogP) is 3.46. The molecule has 1 heterocycles. The van der Waals surface area contributed by atoms with Crippen LogP contribution >= 0.6 is 0 Å². The molecule has 10 nitrogen and oxygen atoms in total. The molecule has 0 radical (unpaired) electrons. The summed E-state index contributed by atoms with van der Waals surface area (Å²) in [4.78, 5) is 14.2. The number of likely N-dealkylation sites (tertiary alicyclic amines) is 1. The minimum Gasteiger partial charge on any atom is -0.444 e. The summed E-state index contributed by atoms with van der Waals surface area (Å²) in [6.07, 6.45) is -0.141. The molecule has 0 aliphatic carbocycles. The lowest BCUT2D eigenvalue weighted by molar-refractivity contribution is 0.0274. The van der Waals surface area contributed by atoms with Crippen LogP contribution in [0.5, 0.6) is 0 Å². The fourth-order valence-corrected chi connectivity index (χ4v) is 7.57. The highest BCUT2D eigenvalue weighted by atomic mass is 32.2. The second-order valence-corrected chi connectivity index (χ2v) is 15.9. The lowest BCUT2D eigenvalue weighted by Gasteiger charge is -2.31. The fourth-order valence-electron chi connectivity index (χ4n) is 4.26. The fraction of sp³-hybridized carbons (Fsp3) is 0.519. The number of carbonyl (C=O) groups excluding carboxylic acids is 1. The molecule has 40 heavy (non-hydrogen) atoms. The summed E-state index contributed by atoms with van der Waals surface area (Å²) >= 11 is 0. The molecule has 0 spiro atoms. The van der Waals surface area contributed by atoms with Gasteiger partial charge in [-0.25, -0.2) is 13.2 Å². The van der Waals surface area contributed by atoms with Gasteiger partial charge in [0.1, 0.15) is 11.7 Å². The van der Waals surface area contributed by atoms with Crippen LogP contribution in [0.1, 0.15) is 38.3 Å². The maximum Gasteiger partial charge on any atom is 0.410 e. The molecule has 3 atom stereocenters. The highest BCUT2D eigenvalue weighted by molar-refractivity contribution is 7.89. The number of hydrogen-bond donors (Lipinski definition) is 0. The Labute approximate surface area is 240 Å². The first-order valence-electron chi connectivity index (χ1n) is 12.9. The van der Waals surface area contributed by atoms with Crippen molar-refractivity contribution >= 4 is 37.0 Å². The van der Waals surface area contributed by atoms with Crippen LogP contribution in [0.25, 0.3) is 0 Å². The van der Waals surface area contributed by atoms with E-state index in [0.29, 0.717) is 0 Å². The van der Waals surface area contributed by atoms with Crippen molar-refractivity contribution < 1.29 is 34.8 Å². The lowest BCUT2D eigenvalue weighted by atomic mass is 10.2. The van der Waals surface area contributed by atoms with E-state index in [1.165, 1.54) is 39.7 Å². The molecule has 13 heteroatoms. The minimum atomic E-state index is -4.31. The number of rotatable bonds is 10. The van der Waals surface area contributed by atoms with E-state index in [0.717, 1.165) is 11.1 Å². The SMILES string of the molecule is Cc1ccc(S(=O)(=O)O[C@H]2CN(C(=O)OC(C)(C)C)C[C@@H]2N(CCCS(C)=O)S(=O)(=O)c2ccc(C)cc2)cc1. The summed E-state index contributed by atoms with van der Waals surface area (Å²) in [7, 11) is -9.64. The Balaban J connectivity index is 2.04. The van der Waals surface area contributed by atoms with Gasteiger partial charge in [0.15, 0.2) is 0 Å². The zero-order valence-electron chi connectivity index (χ0n) is 23.7. The van der Waals surface area contributed by atoms with Crippen molar-refractivity contribution in [3.8, 4) is 0 Å². The largest absolute Gasteiger partial charge is 0.444 e. The summed E-state index contributed by atoms with van der Waals surface area (Å²) in [5, 5.41) is 0. The summed E-state index contributed by atoms with van der Waals surface area (Å²) in [5.41, 5.74) is 0.907. The molecule has 0 saturated carbocycles. The molecule has 222 valence electrons. The van der Waals surface area contributed by atoms with E-state index in [1.807, 2.05) is 13.8 Å². The van der Waals surface area contributed by atoms with Gasteiger partial charge in [0, 0.05) is 35.9 Å². The molecule has 1 unspecified atom stereocenters. The van der Waals surface area contributed by atoms with Gasteiger partial charge >= 0.3 is 6.09 Å². The Morgan fingerprint density at radius 1 is 0.950 bits per heavy atom. The Kier molecular flexibility index (Phi) is 10.2. The van der Waals surface area contributed by atoms with Gasteiger partial charge in [-0.1, -0.05) is 35.4 Å². The van der Waals surface area contributed by atoms with Crippen LogP contribution in [0, 0.1) is 13.8 Å². The average molecular weight is 615 g/mol. The monoisotopic (exact) mass is 614 g/mol. The number of ether oxygens (including phenoxy) is 1. The minimum absolute atomic E-state index is 0.0200. The molecule has 2 aromatic carbocycles. The second-order valence-electron chi connectivity index (χ2n) is 10.9. The lowest BCUT2D eigenvalue weighted by Crippen LogP contribution is -2.48. The molecule has 1 fully saturated rings. The molecule has 1 aliphatic heterocycles. The highest BCUT2D eigenvalue weighted by Gasteiger charge is 2.47. The van der Waals surface area contributed by atoms with Gasteiger partial charge in [0.05, 0.1) is 22.4 Å². The number of hydrogen-bond acceptors (Lipinski definition) is 8. The van der Waals surface area contributed by atoms with E-state index >= 15 is 0 Å². The van der Waals surface area contributed by atoms with Gasteiger partial charge in [-0.15, -0.1) is 0 Å². The smallest absolute Gasteiger partial charge is 0.410 e. The number of carbonyl (C=O) groups is 1. The van der Waals surface area contributed by atoms with Crippen LogP contribution in [0.15, 0.2) is 58.3 Å². The molecule has 3 rings (SSSR count). The van der Waals surface area contributed by atoms with Gasteiger partial charge in [-0.05, 0) is 65.3 Å².